The Morgan fingerprint density at radius 1 is 0.944 bits per heavy atom. The molecule has 2 aromatic carbocycles. The van der Waals surface area contributed by atoms with Gasteiger partial charge in [0.25, 0.3) is 0 Å². The maximum Gasteiger partial charge on any atom is 0.0650 e. The summed E-state index contributed by atoms with van der Waals surface area (Å²) in [4.78, 5) is 2.26. The lowest BCUT2D eigenvalue weighted by atomic mass is 10.0. The summed E-state index contributed by atoms with van der Waals surface area (Å²) < 4.78 is 0. The number of anilines is 4. The first-order valence-electron chi connectivity index (χ1n) is 6.40. The molecule has 0 amide bonds. The molecule has 1 N–H and O–H groups in total. The second kappa shape index (κ2) is 4.05. The fourth-order valence-corrected chi connectivity index (χ4v) is 2.44. The van der Waals surface area contributed by atoms with Gasteiger partial charge >= 0.3 is 0 Å². The molecule has 2 aromatic rings. The molecule has 2 nitrogen and oxygen atoms in total. The summed E-state index contributed by atoms with van der Waals surface area (Å²) >= 11 is 0. The van der Waals surface area contributed by atoms with Crippen LogP contribution in [-0.2, 0) is 0 Å². The number of rotatable bonds is 1. The number of hydrogen-bond acceptors (Lipinski definition) is 2. The lowest BCUT2D eigenvalue weighted by Gasteiger charge is -2.31. The Morgan fingerprint density at radius 3 is 2.44 bits per heavy atom. The number of nitrogens with zero attached hydrogens (tertiary/aromatic N) is 1. The van der Waals surface area contributed by atoms with Crippen LogP contribution in [-0.4, -0.2) is 7.05 Å². The number of fused-ring (bicyclic) bond motifs is 2. The molecule has 1 aliphatic heterocycles. The van der Waals surface area contributed by atoms with E-state index in [-0.39, 0.29) is 0 Å². The van der Waals surface area contributed by atoms with E-state index >= 15 is 0 Å². The highest BCUT2D eigenvalue weighted by Crippen LogP contribution is 2.43. The number of hydrogen-bond donors (Lipinski definition) is 1. The van der Waals surface area contributed by atoms with E-state index in [0.717, 1.165) is 0 Å². The van der Waals surface area contributed by atoms with E-state index in [1.54, 1.807) is 0 Å². The van der Waals surface area contributed by atoms with Gasteiger partial charge in [0.05, 0.1) is 22.7 Å². The molecule has 0 aliphatic carbocycles. The van der Waals surface area contributed by atoms with E-state index in [0.29, 0.717) is 5.92 Å². The summed E-state index contributed by atoms with van der Waals surface area (Å²) in [5.41, 5.74) is 6.21. The van der Waals surface area contributed by atoms with Gasteiger partial charge in [-0.05, 0) is 35.7 Å². The van der Waals surface area contributed by atoms with E-state index in [4.69, 9.17) is 0 Å². The van der Waals surface area contributed by atoms with Gasteiger partial charge in [0.2, 0.25) is 0 Å². The van der Waals surface area contributed by atoms with Gasteiger partial charge < -0.3 is 10.2 Å². The van der Waals surface area contributed by atoms with Crippen LogP contribution in [0.3, 0.4) is 0 Å². The molecule has 0 atom stereocenters. The van der Waals surface area contributed by atoms with Crippen molar-refractivity contribution < 1.29 is 0 Å². The smallest absolute Gasteiger partial charge is 0.0650 e. The minimum Gasteiger partial charge on any atom is -0.352 e. The third-order valence-corrected chi connectivity index (χ3v) is 3.58. The van der Waals surface area contributed by atoms with Crippen LogP contribution < -0.4 is 10.2 Å². The second-order valence-corrected chi connectivity index (χ2v) is 5.13. The van der Waals surface area contributed by atoms with Crippen molar-refractivity contribution in [2.24, 2.45) is 0 Å². The van der Waals surface area contributed by atoms with Crippen LogP contribution in [0.15, 0.2) is 42.5 Å². The van der Waals surface area contributed by atoms with Crippen LogP contribution >= 0.6 is 0 Å². The van der Waals surface area contributed by atoms with Gasteiger partial charge in [0, 0.05) is 7.05 Å². The monoisotopic (exact) mass is 238 g/mol. The SMILES string of the molecule is CC(C)c1ccc2c(c1)N(C)c1ccccc1N2. The standard InChI is InChI=1S/C16H18N2/c1-11(2)12-8-9-14-16(10-12)18(3)15-7-5-4-6-13(15)17-14/h4-11,17H,1-3H3. The van der Waals surface area contributed by atoms with Crippen molar-refractivity contribution in [3.63, 3.8) is 0 Å². The van der Waals surface area contributed by atoms with Crippen molar-refractivity contribution in [1.29, 1.82) is 0 Å². The minimum absolute atomic E-state index is 0.556. The average Bonchev–Trinajstić information content (AvgIpc) is 2.38. The predicted octanol–water partition coefficient (Wildman–Crippen LogP) is 4.63. The summed E-state index contributed by atoms with van der Waals surface area (Å²) in [6.07, 6.45) is 0. The zero-order chi connectivity index (χ0) is 12.7. The fraction of sp³-hybridized carbons (Fsp3) is 0.250. The molecule has 0 spiro atoms. The quantitative estimate of drug-likeness (QED) is 0.779. The van der Waals surface area contributed by atoms with Crippen molar-refractivity contribution in [2.45, 2.75) is 19.8 Å². The Hall–Kier alpha value is -1.96. The third kappa shape index (κ3) is 1.65. The Kier molecular flexibility index (Phi) is 2.51. The van der Waals surface area contributed by atoms with Gasteiger partial charge in [-0.2, -0.15) is 0 Å². The van der Waals surface area contributed by atoms with E-state index in [9.17, 15) is 0 Å². The number of benzene rings is 2. The molecule has 0 radical (unpaired) electrons. The Labute approximate surface area is 108 Å². The van der Waals surface area contributed by atoms with Crippen LogP contribution in [0.2, 0.25) is 0 Å². The van der Waals surface area contributed by atoms with E-state index in [2.05, 4.69) is 73.6 Å². The summed E-state index contributed by atoms with van der Waals surface area (Å²) in [6, 6.07) is 15.1. The summed E-state index contributed by atoms with van der Waals surface area (Å²) in [7, 11) is 2.13. The highest BCUT2D eigenvalue weighted by Gasteiger charge is 2.19. The van der Waals surface area contributed by atoms with Gasteiger partial charge in [-0.15, -0.1) is 0 Å². The zero-order valence-electron chi connectivity index (χ0n) is 11.1. The summed E-state index contributed by atoms with van der Waals surface area (Å²) in [5, 5.41) is 3.50. The van der Waals surface area contributed by atoms with Gasteiger partial charge in [0.1, 0.15) is 0 Å². The Morgan fingerprint density at radius 2 is 1.67 bits per heavy atom. The average molecular weight is 238 g/mol. The highest BCUT2D eigenvalue weighted by atomic mass is 15.2. The van der Waals surface area contributed by atoms with Gasteiger partial charge in [-0.1, -0.05) is 32.0 Å². The first-order valence-corrected chi connectivity index (χ1v) is 6.40. The molecule has 18 heavy (non-hydrogen) atoms. The molecule has 0 fully saturated rings. The van der Waals surface area contributed by atoms with Crippen LogP contribution in [0.5, 0.6) is 0 Å². The summed E-state index contributed by atoms with van der Waals surface area (Å²) in [5.74, 6) is 0.556. The fourth-order valence-electron chi connectivity index (χ4n) is 2.44. The maximum atomic E-state index is 3.50. The molecule has 0 bridgehead atoms. The van der Waals surface area contributed by atoms with E-state index in [1.807, 2.05) is 0 Å². The lowest BCUT2D eigenvalue weighted by molar-refractivity contribution is 0.866. The van der Waals surface area contributed by atoms with Crippen molar-refractivity contribution in [1.82, 2.24) is 0 Å². The third-order valence-electron chi connectivity index (χ3n) is 3.58. The molecule has 0 unspecified atom stereocenters. The topological polar surface area (TPSA) is 15.3 Å². The largest absolute Gasteiger partial charge is 0.352 e. The maximum absolute atomic E-state index is 3.50. The van der Waals surface area contributed by atoms with E-state index in [1.165, 1.54) is 28.3 Å². The van der Waals surface area contributed by atoms with Crippen LogP contribution in [0.1, 0.15) is 25.3 Å². The molecule has 1 heterocycles. The Balaban J connectivity index is 2.11. The Bertz CT molecular complexity index is 587. The molecular formula is C16H18N2. The van der Waals surface area contributed by atoms with Crippen molar-refractivity contribution >= 4 is 22.7 Å². The first-order chi connectivity index (χ1) is 8.66. The highest BCUT2D eigenvalue weighted by molar-refractivity contribution is 5.91. The minimum atomic E-state index is 0.556. The molecule has 0 saturated carbocycles. The molecule has 0 aromatic heterocycles. The molecule has 1 aliphatic rings. The van der Waals surface area contributed by atoms with Gasteiger partial charge in [-0.3, -0.25) is 0 Å². The second-order valence-electron chi connectivity index (χ2n) is 5.13. The molecule has 92 valence electrons. The zero-order valence-corrected chi connectivity index (χ0v) is 11.1. The van der Waals surface area contributed by atoms with Crippen molar-refractivity contribution in [3.05, 3.63) is 48.0 Å². The van der Waals surface area contributed by atoms with Crippen LogP contribution in [0, 0.1) is 0 Å². The molecule has 3 rings (SSSR count). The normalized spacial score (nSPS) is 13.0. The molecular weight excluding hydrogens is 220 g/mol. The molecule has 2 heteroatoms. The number of nitrogens with one attached hydrogen (secondary N) is 1. The predicted molar refractivity (Wildman–Crippen MR) is 78.3 cm³/mol. The van der Waals surface area contributed by atoms with Crippen molar-refractivity contribution in [2.75, 3.05) is 17.3 Å². The molecule has 0 saturated heterocycles. The van der Waals surface area contributed by atoms with Gasteiger partial charge in [0.15, 0.2) is 0 Å². The lowest BCUT2D eigenvalue weighted by Crippen LogP contribution is -2.17. The number of para-hydroxylation sites is 2. The first kappa shape index (κ1) is 11.1. The van der Waals surface area contributed by atoms with E-state index < -0.39 is 0 Å². The summed E-state index contributed by atoms with van der Waals surface area (Å²) in [6.45, 7) is 4.46. The van der Waals surface area contributed by atoms with Crippen LogP contribution in [0.25, 0.3) is 0 Å². The van der Waals surface area contributed by atoms with Crippen molar-refractivity contribution in [3.8, 4) is 0 Å². The van der Waals surface area contributed by atoms with Gasteiger partial charge in [-0.25, -0.2) is 0 Å². The van der Waals surface area contributed by atoms with Crippen LogP contribution in [0.4, 0.5) is 22.7 Å².